The van der Waals surface area contributed by atoms with Crippen LogP contribution in [-0.4, -0.2) is 79.0 Å². The van der Waals surface area contributed by atoms with Crippen molar-refractivity contribution in [2.24, 2.45) is 0 Å². The topological polar surface area (TPSA) is 99.7 Å². The molecule has 3 aromatic rings. The van der Waals surface area contributed by atoms with Crippen molar-refractivity contribution >= 4 is 35.1 Å². The predicted molar refractivity (Wildman–Crippen MR) is 144 cm³/mol. The molecule has 0 radical (unpaired) electrons. The van der Waals surface area contributed by atoms with Crippen molar-refractivity contribution < 1.29 is 23.1 Å². The fourth-order valence-electron chi connectivity index (χ4n) is 3.26. The number of carbonyl (C=O) groups is 2. The van der Waals surface area contributed by atoms with Gasteiger partial charge in [-0.1, -0.05) is 0 Å². The van der Waals surface area contributed by atoms with Crippen molar-refractivity contribution in [1.29, 1.82) is 0 Å². The normalized spacial score (nSPS) is 11.2. The maximum atomic E-state index is 12.9. The highest BCUT2D eigenvalue weighted by Gasteiger charge is 2.14. The van der Waals surface area contributed by atoms with Crippen LogP contribution in [0.5, 0.6) is 5.75 Å². The maximum Gasteiger partial charge on any atom is 0.387 e. The number of alkyl halides is 2. The molecule has 38 heavy (non-hydrogen) atoms. The smallest absolute Gasteiger partial charge is 0.387 e. The zero-order chi connectivity index (χ0) is 27.5. The molecule has 12 heteroatoms. The fraction of sp³-hybridized carbons (Fsp3) is 0.308. The molecule has 0 aliphatic carbocycles. The van der Waals surface area contributed by atoms with E-state index in [2.05, 4.69) is 30.2 Å². The average Bonchev–Trinajstić information content (AvgIpc) is 2.87. The third-order valence-corrected chi connectivity index (χ3v) is 6.24. The van der Waals surface area contributed by atoms with Crippen LogP contribution in [0.15, 0.2) is 66.0 Å². The van der Waals surface area contributed by atoms with Crippen molar-refractivity contribution in [2.45, 2.75) is 17.4 Å². The molecule has 0 aliphatic heterocycles. The predicted octanol–water partition coefficient (Wildman–Crippen LogP) is 4.05. The van der Waals surface area contributed by atoms with E-state index in [0.717, 1.165) is 18.7 Å². The summed E-state index contributed by atoms with van der Waals surface area (Å²) in [4.78, 5) is 37.8. The Morgan fingerprint density at radius 2 is 1.76 bits per heavy atom. The van der Waals surface area contributed by atoms with Gasteiger partial charge in [-0.05, 0) is 75.2 Å². The van der Waals surface area contributed by atoms with Crippen molar-refractivity contribution in [2.75, 3.05) is 51.4 Å². The number of amides is 2. The van der Waals surface area contributed by atoms with Crippen LogP contribution in [0.4, 0.5) is 20.3 Å². The SMILES string of the molecule is CN(C)CCN(C)CC(=O)Nc1cc(CSc2ncccc2C(=O)Nc2ccc(OC(F)F)cc2)ccn1. The van der Waals surface area contributed by atoms with Gasteiger partial charge in [-0.2, -0.15) is 8.78 Å². The van der Waals surface area contributed by atoms with Gasteiger partial charge in [-0.15, -0.1) is 11.8 Å². The molecular formula is C26H30F2N6O3S. The number of carbonyl (C=O) groups excluding carboxylic acids is 2. The standard InChI is InChI=1S/C26H30F2N6O3S/c1-33(2)13-14-34(3)16-23(35)32-22-15-18(10-12-29-22)17-38-25-21(5-4-11-30-25)24(36)31-19-6-8-20(9-7-19)37-26(27)28/h4-12,15,26H,13-14,16-17H2,1-3H3,(H,31,36)(H,29,32,35). The summed E-state index contributed by atoms with van der Waals surface area (Å²) in [7, 11) is 5.86. The molecule has 202 valence electrons. The highest BCUT2D eigenvalue weighted by atomic mass is 32.2. The molecule has 0 atom stereocenters. The average molecular weight is 545 g/mol. The van der Waals surface area contributed by atoms with Crippen LogP contribution in [0.3, 0.4) is 0 Å². The van der Waals surface area contributed by atoms with Crippen LogP contribution < -0.4 is 15.4 Å². The summed E-state index contributed by atoms with van der Waals surface area (Å²) in [5.41, 5.74) is 1.69. The molecule has 2 amide bonds. The Balaban J connectivity index is 1.58. The quantitative estimate of drug-likeness (QED) is 0.311. The van der Waals surface area contributed by atoms with E-state index < -0.39 is 6.61 Å². The minimum absolute atomic E-state index is 0.000113. The van der Waals surface area contributed by atoms with Crippen molar-refractivity contribution in [3.63, 3.8) is 0 Å². The molecule has 0 spiro atoms. The van der Waals surface area contributed by atoms with Gasteiger partial charge in [0, 0.05) is 36.9 Å². The monoisotopic (exact) mass is 544 g/mol. The lowest BCUT2D eigenvalue weighted by Crippen LogP contribution is -2.35. The second-order valence-electron chi connectivity index (χ2n) is 8.64. The summed E-state index contributed by atoms with van der Waals surface area (Å²) in [5.74, 6) is 0.405. The van der Waals surface area contributed by atoms with Gasteiger partial charge in [0.05, 0.1) is 12.1 Å². The number of anilines is 2. The summed E-state index contributed by atoms with van der Waals surface area (Å²) >= 11 is 1.37. The minimum atomic E-state index is -2.92. The number of likely N-dealkylation sites (N-methyl/N-ethyl adjacent to an activating group) is 2. The van der Waals surface area contributed by atoms with Gasteiger partial charge < -0.3 is 20.3 Å². The third kappa shape index (κ3) is 9.69. The summed E-state index contributed by atoms with van der Waals surface area (Å²) < 4.78 is 29.0. The first-order valence-corrected chi connectivity index (χ1v) is 12.7. The highest BCUT2D eigenvalue weighted by Crippen LogP contribution is 2.26. The van der Waals surface area contributed by atoms with Crippen LogP contribution in [-0.2, 0) is 10.5 Å². The number of pyridine rings is 2. The van der Waals surface area contributed by atoms with E-state index in [1.807, 2.05) is 32.1 Å². The number of nitrogens with zero attached hydrogens (tertiary/aromatic N) is 4. The third-order valence-electron chi connectivity index (χ3n) is 5.16. The van der Waals surface area contributed by atoms with Gasteiger partial charge in [-0.25, -0.2) is 9.97 Å². The molecule has 0 fully saturated rings. The van der Waals surface area contributed by atoms with Crippen LogP contribution in [0.25, 0.3) is 0 Å². The lowest BCUT2D eigenvalue weighted by atomic mass is 10.2. The molecular weight excluding hydrogens is 514 g/mol. The molecule has 0 saturated heterocycles. The number of aromatic nitrogens is 2. The molecule has 1 aromatic carbocycles. The Labute approximate surface area is 224 Å². The Kier molecular flexibility index (Phi) is 10.9. The Hall–Kier alpha value is -3.61. The lowest BCUT2D eigenvalue weighted by molar-refractivity contribution is -0.117. The van der Waals surface area contributed by atoms with E-state index in [-0.39, 0.29) is 24.1 Å². The van der Waals surface area contributed by atoms with Crippen LogP contribution in [0.1, 0.15) is 15.9 Å². The molecule has 9 nitrogen and oxygen atoms in total. The minimum Gasteiger partial charge on any atom is -0.435 e. The first-order valence-electron chi connectivity index (χ1n) is 11.7. The van der Waals surface area contributed by atoms with Gasteiger partial charge >= 0.3 is 6.61 Å². The first-order chi connectivity index (χ1) is 18.2. The zero-order valence-electron chi connectivity index (χ0n) is 21.4. The number of thioether (sulfide) groups is 1. The van der Waals surface area contributed by atoms with E-state index in [1.54, 1.807) is 30.6 Å². The fourth-order valence-corrected chi connectivity index (χ4v) is 4.19. The van der Waals surface area contributed by atoms with Crippen molar-refractivity contribution in [1.82, 2.24) is 19.8 Å². The molecule has 2 aromatic heterocycles. The highest BCUT2D eigenvalue weighted by molar-refractivity contribution is 7.98. The maximum absolute atomic E-state index is 12.9. The van der Waals surface area contributed by atoms with Crippen molar-refractivity contribution in [3.05, 3.63) is 72.1 Å². The van der Waals surface area contributed by atoms with E-state index in [9.17, 15) is 18.4 Å². The summed E-state index contributed by atoms with van der Waals surface area (Å²) in [6, 6.07) is 12.6. The number of ether oxygens (including phenoxy) is 1. The second-order valence-corrected chi connectivity index (χ2v) is 9.60. The lowest BCUT2D eigenvalue weighted by Gasteiger charge is -2.18. The molecule has 0 bridgehead atoms. The molecule has 2 heterocycles. The van der Waals surface area contributed by atoms with E-state index in [0.29, 0.717) is 27.8 Å². The van der Waals surface area contributed by atoms with Crippen LogP contribution >= 0.6 is 11.8 Å². The van der Waals surface area contributed by atoms with Gasteiger partial charge in [-0.3, -0.25) is 14.5 Å². The Morgan fingerprint density at radius 1 is 1.00 bits per heavy atom. The van der Waals surface area contributed by atoms with Crippen molar-refractivity contribution in [3.8, 4) is 5.75 Å². The van der Waals surface area contributed by atoms with Crippen LogP contribution in [0, 0.1) is 0 Å². The molecule has 0 aliphatic rings. The molecule has 2 N–H and O–H groups in total. The number of hydrogen-bond donors (Lipinski definition) is 2. The largest absolute Gasteiger partial charge is 0.435 e. The van der Waals surface area contributed by atoms with Gasteiger partial charge in [0.15, 0.2) is 0 Å². The molecule has 0 unspecified atom stereocenters. The van der Waals surface area contributed by atoms with Gasteiger partial charge in [0.2, 0.25) is 5.91 Å². The van der Waals surface area contributed by atoms with E-state index in [4.69, 9.17) is 0 Å². The first kappa shape index (κ1) is 29.0. The zero-order valence-corrected chi connectivity index (χ0v) is 22.2. The van der Waals surface area contributed by atoms with E-state index >= 15 is 0 Å². The molecule has 0 saturated carbocycles. The molecule has 3 rings (SSSR count). The number of rotatable bonds is 13. The Morgan fingerprint density at radius 3 is 2.47 bits per heavy atom. The Bertz CT molecular complexity index is 1210. The summed E-state index contributed by atoms with van der Waals surface area (Å²) in [6.07, 6.45) is 3.22. The van der Waals surface area contributed by atoms with Gasteiger partial charge in [0.1, 0.15) is 16.6 Å². The second kappa shape index (κ2) is 14.4. The van der Waals surface area contributed by atoms with Crippen LogP contribution in [0.2, 0.25) is 0 Å². The van der Waals surface area contributed by atoms with E-state index in [1.165, 1.54) is 36.0 Å². The number of nitrogens with one attached hydrogen (secondary N) is 2. The summed E-state index contributed by atoms with van der Waals surface area (Å²) in [6.45, 7) is -1.05. The number of benzene rings is 1. The number of hydrogen-bond acceptors (Lipinski definition) is 8. The van der Waals surface area contributed by atoms with Gasteiger partial charge in [0.25, 0.3) is 5.91 Å². The number of halogens is 2. The summed E-state index contributed by atoms with van der Waals surface area (Å²) in [5, 5.41) is 6.09.